The average Bonchev–Trinajstić information content (AvgIpc) is 2.64. The number of para-hydroxylation sites is 1. The fourth-order valence-corrected chi connectivity index (χ4v) is 3.19. The Hall–Kier alpha value is -1.02. The van der Waals surface area contributed by atoms with Crippen LogP contribution < -0.4 is 10.6 Å². The number of nitrogens with two attached hydrogens (primary N) is 1. The van der Waals surface area contributed by atoms with Gasteiger partial charge in [-0.1, -0.05) is 24.6 Å². The number of anilines is 1. The summed E-state index contributed by atoms with van der Waals surface area (Å²) in [6.07, 6.45) is 5.42. The molecule has 1 aliphatic carbocycles. The number of benzene rings is 1. The lowest BCUT2D eigenvalue weighted by Gasteiger charge is -2.31. The van der Waals surface area contributed by atoms with Crippen LogP contribution in [0, 0.1) is 5.92 Å². The standard InChI is InChI=1S/C15H22N2/c16-9-8-13-11-17(10-12-4-3-5-12)15-7-2-1-6-14(13)15/h1-2,6-7,12-13H,3-5,8-11,16H2. The number of nitrogens with zero attached hydrogens (tertiary/aromatic N) is 1. The van der Waals surface area contributed by atoms with Crippen molar-refractivity contribution in [2.75, 3.05) is 24.5 Å². The Labute approximate surface area is 104 Å². The van der Waals surface area contributed by atoms with Crippen molar-refractivity contribution in [3.63, 3.8) is 0 Å². The molecule has 1 atom stereocenters. The molecule has 0 aromatic heterocycles. The smallest absolute Gasteiger partial charge is 0.0402 e. The second kappa shape index (κ2) is 4.69. The Balaban J connectivity index is 1.77. The highest BCUT2D eigenvalue weighted by Gasteiger charge is 2.30. The number of hydrogen-bond donors (Lipinski definition) is 1. The molecule has 17 heavy (non-hydrogen) atoms. The molecule has 1 fully saturated rings. The topological polar surface area (TPSA) is 29.3 Å². The van der Waals surface area contributed by atoms with Crippen LogP contribution in [0.2, 0.25) is 0 Å². The van der Waals surface area contributed by atoms with E-state index < -0.39 is 0 Å². The zero-order valence-electron chi connectivity index (χ0n) is 10.4. The van der Waals surface area contributed by atoms with Crippen molar-refractivity contribution in [1.82, 2.24) is 0 Å². The van der Waals surface area contributed by atoms with E-state index in [9.17, 15) is 0 Å². The predicted molar refractivity (Wildman–Crippen MR) is 72.4 cm³/mol. The Morgan fingerprint density at radius 2 is 2.06 bits per heavy atom. The van der Waals surface area contributed by atoms with Crippen molar-refractivity contribution in [1.29, 1.82) is 0 Å². The molecular weight excluding hydrogens is 208 g/mol. The molecule has 1 heterocycles. The van der Waals surface area contributed by atoms with Gasteiger partial charge >= 0.3 is 0 Å². The highest BCUT2D eigenvalue weighted by molar-refractivity contribution is 5.60. The van der Waals surface area contributed by atoms with Gasteiger partial charge in [-0.3, -0.25) is 0 Å². The Morgan fingerprint density at radius 3 is 2.76 bits per heavy atom. The summed E-state index contributed by atoms with van der Waals surface area (Å²) in [5, 5.41) is 0. The third kappa shape index (κ3) is 2.06. The monoisotopic (exact) mass is 230 g/mol. The van der Waals surface area contributed by atoms with Crippen molar-refractivity contribution in [2.24, 2.45) is 11.7 Å². The SMILES string of the molecule is NCCC1CN(CC2CCC2)c2ccccc21. The molecule has 2 heteroatoms. The van der Waals surface area contributed by atoms with E-state index in [1.165, 1.54) is 43.6 Å². The second-order valence-electron chi connectivity index (χ2n) is 5.54. The van der Waals surface area contributed by atoms with Gasteiger partial charge < -0.3 is 10.6 Å². The van der Waals surface area contributed by atoms with Crippen LogP contribution in [0.1, 0.15) is 37.2 Å². The van der Waals surface area contributed by atoms with E-state index in [4.69, 9.17) is 5.73 Å². The molecule has 1 aromatic carbocycles. The molecule has 92 valence electrons. The van der Waals surface area contributed by atoms with Crippen molar-refractivity contribution in [3.05, 3.63) is 29.8 Å². The van der Waals surface area contributed by atoms with Crippen LogP contribution in [0.25, 0.3) is 0 Å². The molecule has 1 aliphatic heterocycles. The number of rotatable bonds is 4. The maximum atomic E-state index is 5.73. The molecule has 0 saturated heterocycles. The molecule has 0 bridgehead atoms. The first-order chi connectivity index (χ1) is 8.38. The summed E-state index contributed by atoms with van der Waals surface area (Å²) < 4.78 is 0. The van der Waals surface area contributed by atoms with Crippen LogP contribution in [0.15, 0.2) is 24.3 Å². The first kappa shape index (κ1) is 11.1. The highest BCUT2D eigenvalue weighted by atomic mass is 15.2. The van der Waals surface area contributed by atoms with Crippen LogP contribution >= 0.6 is 0 Å². The van der Waals surface area contributed by atoms with E-state index in [1.807, 2.05) is 0 Å². The van der Waals surface area contributed by atoms with Gasteiger partial charge in [-0.2, -0.15) is 0 Å². The summed E-state index contributed by atoms with van der Waals surface area (Å²) in [7, 11) is 0. The molecule has 0 radical (unpaired) electrons. The first-order valence-corrected chi connectivity index (χ1v) is 6.92. The normalized spacial score (nSPS) is 23.6. The Morgan fingerprint density at radius 1 is 1.24 bits per heavy atom. The van der Waals surface area contributed by atoms with E-state index in [-0.39, 0.29) is 0 Å². The Kier molecular flexibility index (Phi) is 3.06. The van der Waals surface area contributed by atoms with Gasteiger partial charge in [0, 0.05) is 24.7 Å². The molecule has 2 N–H and O–H groups in total. The molecule has 0 spiro atoms. The Bertz CT molecular complexity index is 384. The summed E-state index contributed by atoms with van der Waals surface area (Å²) >= 11 is 0. The highest BCUT2D eigenvalue weighted by Crippen LogP contribution is 2.39. The van der Waals surface area contributed by atoms with Crippen LogP contribution in [0.3, 0.4) is 0 Å². The third-order valence-corrected chi connectivity index (χ3v) is 4.38. The quantitative estimate of drug-likeness (QED) is 0.861. The van der Waals surface area contributed by atoms with Crippen molar-refractivity contribution < 1.29 is 0 Å². The summed E-state index contributed by atoms with van der Waals surface area (Å²) in [4.78, 5) is 2.60. The fourth-order valence-electron chi connectivity index (χ4n) is 3.19. The molecular formula is C15H22N2. The summed E-state index contributed by atoms with van der Waals surface area (Å²) in [5.74, 6) is 1.61. The van der Waals surface area contributed by atoms with Crippen LogP contribution in [0.4, 0.5) is 5.69 Å². The molecule has 1 aromatic rings. The summed E-state index contributed by atoms with van der Waals surface area (Å²) in [5.41, 5.74) is 8.73. The molecule has 3 rings (SSSR count). The maximum Gasteiger partial charge on any atom is 0.0402 e. The van der Waals surface area contributed by atoms with Crippen molar-refractivity contribution >= 4 is 5.69 Å². The van der Waals surface area contributed by atoms with Gasteiger partial charge in [0.1, 0.15) is 0 Å². The molecule has 0 amide bonds. The van der Waals surface area contributed by atoms with E-state index in [1.54, 1.807) is 0 Å². The fraction of sp³-hybridized carbons (Fsp3) is 0.600. The van der Waals surface area contributed by atoms with Crippen molar-refractivity contribution in [2.45, 2.75) is 31.6 Å². The zero-order valence-corrected chi connectivity index (χ0v) is 10.4. The molecule has 1 unspecified atom stereocenters. The minimum atomic E-state index is 0.663. The maximum absolute atomic E-state index is 5.73. The lowest BCUT2D eigenvalue weighted by molar-refractivity contribution is 0.318. The van der Waals surface area contributed by atoms with Gasteiger partial charge in [0.05, 0.1) is 0 Å². The van der Waals surface area contributed by atoms with E-state index in [0.717, 1.165) is 18.9 Å². The van der Waals surface area contributed by atoms with Gasteiger partial charge in [-0.25, -0.2) is 0 Å². The lowest BCUT2D eigenvalue weighted by Crippen LogP contribution is -2.31. The van der Waals surface area contributed by atoms with Crippen LogP contribution in [-0.4, -0.2) is 19.6 Å². The van der Waals surface area contributed by atoms with Gasteiger partial charge in [0.2, 0.25) is 0 Å². The average molecular weight is 230 g/mol. The van der Waals surface area contributed by atoms with Gasteiger partial charge in [-0.15, -0.1) is 0 Å². The molecule has 2 aliphatic rings. The van der Waals surface area contributed by atoms with Gasteiger partial charge in [0.15, 0.2) is 0 Å². The summed E-state index contributed by atoms with van der Waals surface area (Å²) in [6, 6.07) is 8.90. The van der Waals surface area contributed by atoms with E-state index >= 15 is 0 Å². The van der Waals surface area contributed by atoms with E-state index in [0.29, 0.717) is 5.92 Å². The van der Waals surface area contributed by atoms with Gasteiger partial charge in [0.25, 0.3) is 0 Å². The molecule has 1 saturated carbocycles. The lowest BCUT2D eigenvalue weighted by atomic mass is 9.85. The largest absolute Gasteiger partial charge is 0.370 e. The predicted octanol–water partition coefficient (Wildman–Crippen LogP) is 2.74. The minimum absolute atomic E-state index is 0.663. The minimum Gasteiger partial charge on any atom is -0.370 e. The van der Waals surface area contributed by atoms with Crippen LogP contribution in [-0.2, 0) is 0 Å². The zero-order chi connectivity index (χ0) is 11.7. The number of fused-ring (bicyclic) bond motifs is 1. The van der Waals surface area contributed by atoms with Crippen LogP contribution in [0.5, 0.6) is 0 Å². The van der Waals surface area contributed by atoms with E-state index in [2.05, 4.69) is 29.2 Å². The summed E-state index contributed by atoms with van der Waals surface area (Å²) in [6.45, 7) is 3.25. The number of hydrogen-bond acceptors (Lipinski definition) is 2. The second-order valence-corrected chi connectivity index (χ2v) is 5.54. The first-order valence-electron chi connectivity index (χ1n) is 6.92. The molecule has 2 nitrogen and oxygen atoms in total. The van der Waals surface area contributed by atoms with Crippen molar-refractivity contribution in [3.8, 4) is 0 Å². The van der Waals surface area contributed by atoms with Gasteiger partial charge in [-0.05, 0) is 43.4 Å². The third-order valence-electron chi connectivity index (χ3n) is 4.38.